The van der Waals surface area contributed by atoms with Gasteiger partial charge in [-0.25, -0.2) is 0 Å². The van der Waals surface area contributed by atoms with Gasteiger partial charge in [0, 0.05) is 4.47 Å². The van der Waals surface area contributed by atoms with Gasteiger partial charge in [0.25, 0.3) is 11.8 Å². The van der Waals surface area contributed by atoms with Crippen molar-refractivity contribution in [2.75, 3.05) is 0 Å². The molecule has 0 aliphatic carbocycles. The lowest BCUT2D eigenvalue weighted by molar-refractivity contribution is 0.0643. The summed E-state index contributed by atoms with van der Waals surface area (Å²) in [4.78, 5) is 26.7. The average Bonchev–Trinajstić information content (AvgIpc) is 2.80. The van der Waals surface area contributed by atoms with Gasteiger partial charge in [0.15, 0.2) is 0 Å². The molecule has 1 heterocycles. The zero-order valence-electron chi connectivity index (χ0n) is 12.1. The number of imide groups is 1. The second-order valence-corrected chi connectivity index (χ2v) is 6.45. The summed E-state index contributed by atoms with van der Waals surface area (Å²) in [5.74, 6) is -0.444. The molecular formula is C19H12BrNO2. The molecule has 3 nitrogen and oxygen atoms in total. The minimum atomic E-state index is -0.223. The molecule has 0 unspecified atom stereocenters. The highest BCUT2D eigenvalue weighted by atomic mass is 79.9. The van der Waals surface area contributed by atoms with Crippen LogP contribution in [0, 0.1) is 0 Å². The van der Waals surface area contributed by atoms with Gasteiger partial charge >= 0.3 is 0 Å². The summed E-state index contributed by atoms with van der Waals surface area (Å²) in [5, 5.41) is 1.76. The summed E-state index contributed by atoms with van der Waals surface area (Å²) in [6.45, 7) is 0.297. The van der Waals surface area contributed by atoms with Crippen LogP contribution < -0.4 is 0 Å². The van der Waals surface area contributed by atoms with Gasteiger partial charge in [-0.05, 0) is 34.5 Å². The number of hydrogen-bond donors (Lipinski definition) is 0. The summed E-state index contributed by atoms with van der Waals surface area (Å²) in [6.07, 6.45) is 0. The van der Waals surface area contributed by atoms with Crippen molar-refractivity contribution in [3.05, 3.63) is 81.8 Å². The Balaban J connectivity index is 1.81. The van der Waals surface area contributed by atoms with Crippen LogP contribution in [0.15, 0.2) is 65.1 Å². The van der Waals surface area contributed by atoms with E-state index in [4.69, 9.17) is 0 Å². The van der Waals surface area contributed by atoms with Crippen molar-refractivity contribution in [2.45, 2.75) is 6.54 Å². The molecule has 0 spiro atoms. The lowest BCUT2D eigenvalue weighted by Crippen LogP contribution is -2.29. The van der Waals surface area contributed by atoms with Crippen molar-refractivity contribution in [1.82, 2.24) is 4.90 Å². The topological polar surface area (TPSA) is 37.4 Å². The fourth-order valence-electron chi connectivity index (χ4n) is 2.99. The van der Waals surface area contributed by atoms with E-state index in [-0.39, 0.29) is 11.8 Å². The number of benzene rings is 3. The van der Waals surface area contributed by atoms with Crippen molar-refractivity contribution in [3.63, 3.8) is 0 Å². The van der Waals surface area contributed by atoms with E-state index in [1.165, 1.54) is 4.90 Å². The minimum Gasteiger partial charge on any atom is -0.270 e. The Bertz CT molecular complexity index is 950. The molecule has 4 heteroatoms. The van der Waals surface area contributed by atoms with Crippen LogP contribution in [0.2, 0.25) is 0 Å². The van der Waals surface area contributed by atoms with E-state index in [0.717, 1.165) is 20.8 Å². The van der Waals surface area contributed by atoms with E-state index in [9.17, 15) is 9.59 Å². The highest BCUT2D eigenvalue weighted by molar-refractivity contribution is 9.10. The van der Waals surface area contributed by atoms with Gasteiger partial charge < -0.3 is 0 Å². The number of amides is 2. The van der Waals surface area contributed by atoms with Gasteiger partial charge in [-0.1, -0.05) is 58.4 Å². The largest absolute Gasteiger partial charge is 0.270 e. The number of carbonyl (C=O) groups excluding carboxylic acids is 2. The van der Waals surface area contributed by atoms with Crippen LogP contribution >= 0.6 is 15.9 Å². The summed E-state index contributed by atoms with van der Waals surface area (Å²) in [7, 11) is 0. The Kier molecular flexibility index (Phi) is 3.27. The number of rotatable bonds is 2. The molecule has 1 aliphatic rings. The molecular weight excluding hydrogens is 354 g/mol. The second kappa shape index (κ2) is 5.32. The molecule has 0 N–H and O–H groups in total. The van der Waals surface area contributed by atoms with Crippen molar-refractivity contribution in [2.24, 2.45) is 0 Å². The molecule has 1 aliphatic heterocycles. The highest BCUT2D eigenvalue weighted by Crippen LogP contribution is 2.32. The summed E-state index contributed by atoms with van der Waals surface area (Å²) < 4.78 is 0.947. The Morgan fingerprint density at radius 3 is 2.43 bits per heavy atom. The van der Waals surface area contributed by atoms with Crippen LogP contribution in [-0.2, 0) is 6.54 Å². The molecule has 0 saturated heterocycles. The maximum Gasteiger partial charge on any atom is 0.262 e. The first-order chi connectivity index (χ1) is 11.1. The van der Waals surface area contributed by atoms with E-state index < -0.39 is 0 Å². The van der Waals surface area contributed by atoms with Crippen LogP contribution in [0.5, 0.6) is 0 Å². The molecule has 0 atom stereocenters. The van der Waals surface area contributed by atoms with E-state index in [1.807, 2.05) is 54.6 Å². The smallest absolute Gasteiger partial charge is 0.262 e. The van der Waals surface area contributed by atoms with Gasteiger partial charge in [-0.2, -0.15) is 0 Å². The Hall–Kier alpha value is -2.46. The lowest BCUT2D eigenvalue weighted by atomic mass is 10.0. The van der Waals surface area contributed by atoms with Crippen LogP contribution in [0.25, 0.3) is 10.8 Å². The second-order valence-electron chi connectivity index (χ2n) is 5.54. The Morgan fingerprint density at radius 2 is 1.65 bits per heavy atom. The molecule has 0 radical (unpaired) electrons. The Labute approximate surface area is 141 Å². The van der Waals surface area contributed by atoms with Crippen LogP contribution in [0.1, 0.15) is 26.3 Å². The molecule has 0 saturated carbocycles. The van der Waals surface area contributed by atoms with Crippen molar-refractivity contribution in [1.29, 1.82) is 0 Å². The molecule has 112 valence electrons. The van der Waals surface area contributed by atoms with Crippen LogP contribution in [0.3, 0.4) is 0 Å². The lowest BCUT2D eigenvalue weighted by Gasteiger charge is -2.13. The summed E-state index contributed by atoms with van der Waals surface area (Å²) in [5.41, 5.74) is 1.94. The molecule has 4 rings (SSSR count). The van der Waals surface area contributed by atoms with E-state index in [0.29, 0.717) is 17.7 Å². The molecule has 23 heavy (non-hydrogen) atoms. The van der Waals surface area contributed by atoms with E-state index in [1.54, 1.807) is 6.07 Å². The normalized spacial score (nSPS) is 13.7. The SMILES string of the molecule is O=C1c2ccc3cc(Br)ccc3c2C(=O)N1Cc1ccccc1. The zero-order valence-corrected chi connectivity index (χ0v) is 13.7. The van der Waals surface area contributed by atoms with Gasteiger partial charge in [0.05, 0.1) is 17.7 Å². The van der Waals surface area contributed by atoms with Crippen molar-refractivity contribution >= 4 is 38.5 Å². The van der Waals surface area contributed by atoms with Crippen LogP contribution in [-0.4, -0.2) is 16.7 Å². The van der Waals surface area contributed by atoms with Crippen molar-refractivity contribution in [3.8, 4) is 0 Å². The third kappa shape index (κ3) is 2.26. The van der Waals surface area contributed by atoms with Gasteiger partial charge in [0.1, 0.15) is 0 Å². The minimum absolute atomic E-state index is 0.221. The number of nitrogens with zero attached hydrogens (tertiary/aromatic N) is 1. The van der Waals surface area contributed by atoms with Crippen LogP contribution in [0.4, 0.5) is 0 Å². The monoisotopic (exact) mass is 365 g/mol. The molecule has 0 aromatic heterocycles. The first kappa shape index (κ1) is 14.2. The average molecular weight is 366 g/mol. The number of fused-ring (bicyclic) bond motifs is 3. The first-order valence-electron chi connectivity index (χ1n) is 7.27. The summed E-state index contributed by atoms with van der Waals surface area (Å²) >= 11 is 3.43. The molecule has 0 fully saturated rings. The number of carbonyl (C=O) groups is 2. The number of halogens is 1. The molecule has 3 aromatic carbocycles. The maximum absolute atomic E-state index is 12.8. The predicted molar refractivity (Wildman–Crippen MR) is 92.3 cm³/mol. The molecule has 2 amide bonds. The third-order valence-electron chi connectivity index (χ3n) is 4.10. The first-order valence-corrected chi connectivity index (χ1v) is 8.07. The zero-order chi connectivity index (χ0) is 16.0. The third-order valence-corrected chi connectivity index (χ3v) is 4.59. The van der Waals surface area contributed by atoms with Gasteiger partial charge in [-0.3, -0.25) is 14.5 Å². The maximum atomic E-state index is 12.8. The summed E-state index contributed by atoms with van der Waals surface area (Å²) in [6, 6.07) is 18.9. The fourth-order valence-corrected chi connectivity index (χ4v) is 3.37. The quantitative estimate of drug-likeness (QED) is 0.631. The predicted octanol–water partition coefficient (Wildman–Crippen LogP) is 4.40. The van der Waals surface area contributed by atoms with Gasteiger partial charge in [0.2, 0.25) is 0 Å². The van der Waals surface area contributed by atoms with E-state index in [2.05, 4.69) is 15.9 Å². The molecule has 0 bridgehead atoms. The highest BCUT2D eigenvalue weighted by Gasteiger charge is 2.36. The van der Waals surface area contributed by atoms with E-state index >= 15 is 0 Å². The van der Waals surface area contributed by atoms with Gasteiger partial charge in [-0.15, -0.1) is 0 Å². The molecule has 3 aromatic rings. The Morgan fingerprint density at radius 1 is 0.870 bits per heavy atom. The standard InChI is InChI=1S/C19H12BrNO2/c20-14-7-9-15-13(10-14)6-8-16-17(15)19(23)21(18(16)22)11-12-4-2-1-3-5-12/h1-10H,11H2. The van der Waals surface area contributed by atoms with Crippen molar-refractivity contribution < 1.29 is 9.59 Å². The number of hydrogen-bond acceptors (Lipinski definition) is 2. The fraction of sp³-hybridized carbons (Fsp3) is 0.0526.